The lowest BCUT2D eigenvalue weighted by atomic mass is 10.1. The summed E-state index contributed by atoms with van der Waals surface area (Å²) in [7, 11) is 1.66. The largest absolute Gasteiger partial charge is 0.384 e. The topological polar surface area (TPSA) is 47.6 Å². The van der Waals surface area contributed by atoms with Gasteiger partial charge in [-0.25, -0.2) is 0 Å². The number of methoxy groups -OCH3 is 1. The van der Waals surface area contributed by atoms with Gasteiger partial charge in [-0.15, -0.1) is 0 Å². The molecule has 17 heavy (non-hydrogen) atoms. The fraction of sp³-hybridized carbons (Fsp3) is 0.462. The van der Waals surface area contributed by atoms with Crippen LogP contribution in [0.4, 0.5) is 5.69 Å². The van der Waals surface area contributed by atoms with E-state index in [1.807, 2.05) is 31.2 Å². The molecule has 0 aliphatic heterocycles. The molecule has 0 saturated carbocycles. The summed E-state index contributed by atoms with van der Waals surface area (Å²) in [6, 6.07) is 7.71. The number of carbonyl (C=O) groups is 1. The molecule has 4 nitrogen and oxygen atoms in total. The summed E-state index contributed by atoms with van der Waals surface area (Å²) in [5, 5.41) is 2.83. The van der Waals surface area contributed by atoms with Crippen LogP contribution in [0.3, 0.4) is 0 Å². The molecule has 1 aromatic rings. The van der Waals surface area contributed by atoms with Crippen molar-refractivity contribution in [2.45, 2.75) is 13.3 Å². The monoisotopic (exact) mass is 237 g/mol. The maximum absolute atomic E-state index is 11.5. The van der Waals surface area contributed by atoms with Gasteiger partial charge < -0.3 is 14.8 Å². The Kier molecular flexibility index (Phi) is 6.29. The summed E-state index contributed by atoms with van der Waals surface area (Å²) in [4.78, 5) is 11.5. The van der Waals surface area contributed by atoms with Crippen molar-refractivity contribution in [3.63, 3.8) is 0 Å². The number of nitrogens with one attached hydrogen (secondary N) is 1. The van der Waals surface area contributed by atoms with Crippen LogP contribution in [0.5, 0.6) is 0 Å². The van der Waals surface area contributed by atoms with Crippen molar-refractivity contribution in [2.24, 2.45) is 0 Å². The minimum absolute atomic E-state index is 0.0924. The van der Waals surface area contributed by atoms with Crippen molar-refractivity contribution in [3.8, 4) is 0 Å². The number of ether oxygens (including phenoxy) is 2. The Labute approximate surface area is 102 Å². The molecule has 0 heterocycles. The van der Waals surface area contributed by atoms with Gasteiger partial charge in [-0.05, 0) is 25.0 Å². The van der Waals surface area contributed by atoms with Crippen molar-refractivity contribution >= 4 is 11.6 Å². The van der Waals surface area contributed by atoms with E-state index < -0.39 is 0 Å². The molecule has 0 fully saturated rings. The van der Waals surface area contributed by atoms with Gasteiger partial charge in [-0.2, -0.15) is 0 Å². The molecule has 94 valence electrons. The highest BCUT2D eigenvalue weighted by molar-refractivity contribution is 5.92. The summed E-state index contributed by atoms with van der Waals surface area (Å²) in [6.07, 6.45) is 0.779. The Morgan fingerprint density at radius 1 is 1.35 bits per heavy atom. The maximum Gasteiger partial charge on any atom is 0.250 e. The van der Waals surface area contributed by atoms with Crippen LogP contribution in [0.15, 0.2) is 24.3 Å². The Morgan fingerprint density at radius 3 is 2.82 bits per heavy atom. The summed E-state index contributed by atoms with van der Waals surface area (Å²) >= 11 is 0. The molecule has 1 rings (SSSR count). The summed E-state index contributed by atoms with van der Waals surface area (Å²) in [6.45, 7) is 3.13. The van der Waals surface area contributed by atoms with E-state index in [0.29, 0.717) is 13.2 Å². The summed E-state index contributed by atoms with van der Waals surface area (Å²) in [5.41, 5.74) is 1.90. The van der Waals surface area contributed by atoms with Crippen LogP contribution in [-0.4, -0.2) is 32.8 Å². The highest BCUT2D eigenvalue weighted by Gasteiger charge is 2.05. The van der Waals surface area contributed by atoms with Gasteiger partial charge in [0.15, 0.2) is 0 Å². The van der Waals surface area contributed by atoms with Gasteiger partial charge >= 0.3 is 0 Å². The number of benzene rings is 1. The van der Waals surface area contributed by atoms with Crippen molar-refractivity contribution in [1.29, 1.82) is 0 Å². The Hall–Kier alpha value is -1.39. The normalized spacial score (nSPS) is 10.2. The van der Waals surface area contributed by atoms with E-state index in [0.717, 1.165) is 17.7 Å². The lowest BCUT2D eigenvalue weighted by Crippen LogP contribution is -2.19. The first-order valence-electron chi connectivity index (χ1n) is 5.72. The van der Waals surface area contributed by atoms with E-state index in [1.165, 1.54) is 0 Å². The molecule has 1 amide bonds. The molecule has 0 unspecified atom stereocenters. The lowest BCUT2D eigenvalue weighted by molar-refractivity contribution is -0.120. The Balaban J connectivity index is 2.59. The third kappa shape index (κ3) is 4.97. The number of hydrogen-bond acceptors (Lipinski definition) is 3. The van der Waals surface area contributed by atoms with Crippen LogP contribution in [0.25, 0.3) is 0 Å². The fourth-order valence-electron chi connectivity index (χ4n) is 1.45. The van der Waals surface area contributed by atoms with Crippen molar-refractivity contribution in [2.75, 3.05) is 32.2 Å². The first-order chi connectivity index (χ1) is 8.27. The molecular formula is C13H19NO3. The third-order valence-corrected chi connectivity index (χ3v) is 2.30. The fourth-order valence-corrected chi connectivity index (χ4v) is 1.45. The SMILES string of the molecule is CCOCC(=O)Nc1ccccc1CCOC. The highest BCUT2D eigenvalue weighted by atomic mass is 16.5. The average molecular weight is 237 g/mol. The van der Waals surface area contributed by atoms with Crippen molar-refractivity contribution < 1.29 is 14.3 Å². The lowest BCUT2D eigenvalue weighted by Gasteiger charge is -2.10. The van der Waals surface area contributed by atoms with Gasteiger partial charge in [0.05, 0.1) is 6.61 Å². The standard InChI is InChI=1S/C13H19NO3/c1-3-17-10-13(15)14-12-7-5-4-6-11(12)8-9-16-2/h4-7H,3,8-10H2,1-2H3,(H,14,15). The van der Waals surface area contributed by atoms with Gasteiger partial charge in [0, 0.05) is 19.4 Å². The predicted molar refractivity (Wildman–Crippen MR) is 67.1 cm³/mol. The smallest absolute Gasteiger partial charge is 0.250 e. The number of para-hydroxylation sites is 1. The van der Waals surface area contributed by atoms with Crippen LogP contribution in [0.2, 0.25) is 0 Å². The molecule has 0 saturated heterocycles. The van der Waals surface area contributed by atoms with E-state index in [9.17, 15) is 4.79 Å². The number of amides is 1. The van der Waals surface area contributed by atoms with Crippen LogP contribution < -0.4 is 5.32 Å². The highest BCUT2D eigenvalue weighted by Crippen LogP contribution is 2.15. The summed E-state index contributed by atoms with van der Waals surface area (Å²) in [5.74, 6) is -0.128. The van der Waals surface area contributed by atoms with Crippen LogP contribution >= 0.6 is 0 Å². The molecule has 1 N–H and O–H groups in total. The predicted octanol–water partition coefficient (Wildman–Crippen LogP) is 1.85. The van der Waals surface area contributed by atoms with Crippen LogP contribution in [0.1, 0.15) is 12.5 Å². The second-order valence-corrected chi connectivity index (χ2v) is 3.59. The van der Waals surface area contributed by atoms with E-state index in [2.05, 4.69) is 5.32 Å². The van der Waals surface area contributed by atoms with E-state index in [1.54, 1.807) is 7.11 Å². The molecule has 1 aromatic carbocycles. The molecule has 4 heteroatoms. The number of rotatable bonds is 7. The van der Waals surface area contributed by atoms with Crippen molar-refractivity contribution in [1.82, 2.24) is 0 Å². The molecule has 0 aliphatic carbocycles. The van der Waals surface area contributed by atoms with E-state index in [4.69, 9.17) is 9.47 Å². The zero-order valence-electron chi connectivity index (χ0n) is 10.4. The Morgan fingerprint density at radius 2 is 2.12 bits per heavy atom. The zero-order valence-corrected chi connectivity index (χ0v) is 10.4. The number of anilines is 1. The van der Waals surface area contributed by atoms with Crippen LogP contribution in [0, 0.1) is 0 Å². The van der Waals surface area contributed by atoms with Crippen molar-refractivity contribution in [3.05, 3.63) is 29.8 Å². The molecular weight excluding hydrogens is 218 g/mol. The molecule has 0 aliphatic rings. The van der Waals surface area contributed by atoms with Gasteiger partial charge in [-0.1, -0.05) is 18.2 Å². The van der Waals surface area contributed by atoms with E-state index >= 15 is 0 Å². The minimum atomic E-state index is -0.128. The van der Waals surface area contributed by atoms with Gasteiger partial charge in [-0.3, -0.25) is 4.79 Å². The molecule has 0 atom stereocenters. The molecule has 0 bridgehead atoms. The molecule has 0 aromatic heterocycles. The first-order valence-corrected chi connectivity index (χ1v) is 5.72. The number of hydrogen-bond donors (Lipinski definition) is 1. The summed E-state index contributed by atoms with van der Waals surface area (Å²) < 4.78 is 10.1. The van der Waals surface area contributed by atoms with Gasteiger partial charge in [0.2, 0.25) is 5.91 Å². The number of carbonyl (C=O) groups excluding carboxylic acids is 1. The molecule has 0 spiro atoms. The zero-order chi connectivity index (χ0) is 12.5. The Bertz CT molecular complexity index is 352. The average Bonchev–Trinajstić information content (AvgIpc) is 2.35. The minimum Gasteiger partial charge on any atom is -0.384 e. The quantitative estimate of drug-likeness (QED) is 0.787. The van der Waals surface area contributed by atoms with E-state index in [-0.39, 0.29) is 12.5 Å². The second kappa shape index (κ2) is 7.81. The second-order valence-electron chi connectivity index (χ2n) is 3.59. The third-order valence-electron chi connectivity index (χ3n) is 2.30. The van der Waals surface area contributed by atoms with Gasteiger partial charge in [0.25, 0.3) is 0 Å². The maximum atomic E-state index is 11.5. The van der Waals surface area contributed by atoms with Gasteiger partial charge in [0.1, 0.15) is 6.61 Å². The molecule has 0 radical (unpaired) electrons. The first kappa shape index (κ1) is 13.7. The van der Waals surface area contributed by atoms with Crippen LogP contribution in [-0.2, 0) is 20.7 Å².